The van der Waals surface area contributed by atoms with Crippen LogP contribution in [0.2, 0.25) is 0 Å². The molecule has 0 saturated heterocycles. The highest BCUT2D eigenvalue weighted by Crippen LogP contribution is 2.30. The maximum absolute atomic E-state index is 12.5. The van der Waals surface area contributed by atoms with Gasteiger partial charge in [0, 0.05) is 24.1 Å². The number of aryl methyl sites for hydroxylation is 2. The molecule has 4 nitrogen and oxygen atoms in total. The third-order valence-corrected chi connectivity index (χ3v) is 4.95. The van der Waals surface area contributed by atoms with Gasteiger partial charge in [-0.2, -0.15) is 0 Å². The highest BCUT2D eigenvalue weighted by Gasteiger charge is 2.29. The van der Waals surface area contributed by atoms with Crippen molar-refractivity contribution in [2.45, 2.75) is 59.3 Å². The fourth-order valence-corrected chi connectivity index (χ4v) is 3.26. The molecule has 1 aliphatic rings. The number of benzene rings is 1. The summed E-state index contributed by atoms with van der Waals surface area (Å²) in [5.74, 6) is 0.349. The van der Waals surface area contributed by atoms with Gasteiger partial charge in [0.2, 0.25) is 11.8 Å². The maximum Gasteiger partial charge on any atom is 0.227 e. The van der Waals surface area contributed by atoms with Crippen molar-refractivity contribution >= 4 is 17.5 Å². The second-order valence-electron chi connectivity index (χ2n) is 7.00. The van der Waals surface area contributed by atoms with Gasteiger partial charge in [-0.25, -0.2) is 0 Å². The molecule has 24 heavy (non-hydrogen) atoms. The standard InChI is InChI=1S/C20H30N2O2/c1-4-5-12-21-19(23)16-8-10-17(11-9-16)20(24)22-18-13-14(2)6-7-15(18)3/h6-7,13,16-17H,4-5,8-12H2,1-3H3,(H,21,23)(H,22,24). The van der Waals surface area contributed by atoms with E-state index in [1.807, 2.05) is 32.0 Å². The van der Waals surface area contributed by atoms with Gasteiger partial charge < -0.3 is 10.6 Å². The van der Waals surface area contributed by atoms with Crippen molar-refractivity contribution in [2.75, 3.05) is 11.9 Å². The number of anilines is 1. The lowest BCUT2D eigenvalue weighted by molar-refractivity contribution is -0.128. The summed E-state index contributed by atoms with van der Waals surface area (Å²) in [7, 11) is 0. The van der Waals surface area contributed by atoms with E-state index < -0.39 is 0 Å². The summed E-state index contributed by atoms with van der Waals surface area (Å²) in [6, 6.07) is 6.09. The Morgan fingerprint density at radius 1 is 1.04 bits per heavy atom. The highest BCUT2D eigenvalue weighted by atomic mass is 16.2. The number of unbranched alkanes of at least 4 members (excludes halogenated alkanes) is 1. The van der Waals surface area contributed by atoms with Crippen LogP contribution in [0.1, 0.15) is 56.6 Å². The first-order chi connectivity index (χ1) is 11.5. The predicted molar refractivity (Wildman–Crippen MR) is 97.9 cm³/mol. The molecule has 0 aromatic heterocycles. The molecule has 2 rings (SSSR count). The van der Waals surface area contributed by atoms with Crippen LogP contribution in [0.15, 0.2) is 18.2 Å². The molecule has 1 saturated carbocycles. The number of carbonyl (C=O) groups is 2. The van der Waals surface area contributed by atoms with E-state index in [4.69, 9.17) is 0 Å². The van der Waals surface area contributed by atoms with Crippen LogP contribution < -0.4 is 10.6 Å². The van der Waals surface area contributed by atoms with E-state index in [0.29, 0.717) is 0 Å². The van der Waals surface area contributed by atoms with Crippen molar-refractivity contribution in [3.05, 3.63) is 29.3 Å². The summed E-state index contributed by atoms with van der Waals surface area (Å²) < 4.78 is 0. The Hall–Kier alpha value is -1.84. The number of hydrogen-bond donors (Lipinski definition) is 2. The summed E-state index contributed by atoms with van der Waals surface area (Å²) in [6.45, 7) is 6.92. The molecule has 0 radical (unpaired) electrons. The van der Waals surface area contributed by atoms with Gasteiger partial charge in [-0.15, -0.1) is 0 Å². The quantitative estimate of drug-likeness (QED) is 0.776. The zero-order chi connectivity index (χ0) is 17.5. The maximum atomic E-state index is 12.5. The number of hydrogen-bond acceptors (Lipinski definition) is 2. The van der Waals surface area contributed by atoms with Crippen molar-refractivity contribution < 1.29 is 9.59 Å². The summed E-state index contributed by atoms with van der Waals surface area (Å²) in [6.07, 6.45) is 5.32. The summed E-state index contributed by atoms with van der Waals surface area (Å²) in [5.41, 5.74) is 3.13. The van der Waals surface area contributed by atoms with Gasteiger partial charge in [0.25, 0.3) is 0 Å². The molecular weight excluding hydrogens is 300 g/mol. The first-order valence-corrected chi connectivity index (χ1v) is 9.17. The monoisotopic (exact) mass is 330 g/mol. The van der Waals surface area contributed by atoms with E-state index in [0.717, 1.165) is 61.9 Å². The summed E-state index contributed by atoms with van der Waals surface area (Å²) >= 11 is 0. The van der Waals surface area contributed by atoms with Gasteiger partial charge >= 0.3 is 0 Å². The van der Waals surface area contributed by atoms with Crippen molar-refractivity contribution in [1.82, 2.24) is 5.32 Å². The second-order valence-corrected chi connectivity index (χ2v) is 7.00. The molecule has 2 N–H and O–H groups in total. The number of carbonyl (C=O) groups excluding carboxylic acids is 2. The lowest BCUT2D eigenvalue weighted by Gasteiger charge is -2.27. The van der Waals surface area contributed by atoms with Crippen molar-refractivity contribution in [3.8, 4) is 0 Å². The van der Waals surface area contributed by atoms with Crippen LogP contribution in [0.5, 0.6) is 0 Å². The van der Waals surface area contributed by atoms with Gasteiger partial charge in [-0.3, -0.25) is 9.59 Å². The average Bonchev–Trinajstić information content (AvgIpc) is 2.58. The molecule has 0 unspecified atom stereocenters. The minimum atomic E-state index is 0.0182. The SMILES string of the molecule is CCCCNC(=O)C1CCC(C(=O)Nc2cc(C)ccc2C)CC1. The molecule has 1 aromatic carbocycles. The van der Waals surface area contributed by atoms with Crippen LogP contribution in [-0.2, 0) is 9.59 Å². The Morgan fingerprint density at radius 3 is 2.29 bits per heavy atom. The Labute approximate surface area is 145 Å². The Bertz CT molecular complexity index is 575. The van der Waals surface area contributed by atoms with Crippen LogP contribution >= 0.6 is 0 Å². The largest absolute Gasteiger partial charge is 0.356 e. The molecule has 0 bridgehead atoms. The van der Waals surface area contributed by atoms with Crippen LogP contribution in [0.4, 0.5) is 5.69 Å². The Kier molecular flexibility index (Phi) is 6.83. The van der Waals surface area contributed by atoms with E-state index in [1.165, 1.54) is 0 Å². The zero-order valence-electron chi connectivity index (χ0n) is 15.2. The van der Waals surface area contributed by atoms with Gasteiger partial charge in [-0.05, 0) is 63.1 Å². The fraction of sp³-hybridized carbons (Fsp3) is 0.600. The summed E-state index contributed by atoms with van der Waals surface area (Å²) in [4.78, 5) is 24.6. The predicted octanol–water partition coefficient (Wildman–Crippen LogP) is 3.96. The van der Waals surface area contributed by atoms with Crippen LogP contribution in [0.25, 0.3) is 0 Å². The van der Waals surface area contributed by atoms with Crippen molar-refractivity contribution in [3.63, 3.8) is 0 Å². The first kappa shape index (κ1) is 18.5. The van der Waals surface area contributed by atoms with Gasteiger partial charge in [0.05, 0.1) is 0 Å². The summed E-state index contributed by atoms with van der Waals surface area (Å²) in [5, 5.41) is 6.08. The zero-order valence-corrected chi connectivity index (χ0v) is 15.2. The smallest absolute Gasteiger partial charge is 0.227 e. The van der Waals surface area contributed by atoms with Crippen molar-refractivity contribution in [2.24, 2.45) is 11.8 Å². The third kappa shape index (κ3) is 5.08. The molecule has 0 atom stereocenters. The lowest BCUT2D eigenvalue weighted by atomic mass is 9.81. The normalized spacial score (nSPS) is 20.5. The molecule has 4 heteroatoms. The molecule has 132 valence electrons. The van der Waals surface area contributed by atoms with Gasteiger partial charge in [-0.1, -0.05) is 25.5 Å². The van der Waals surface area contributed by atoms with E-state index in [-0.39, 0.29) is 23.7 Å². The number of amides is 2. The minimum Gasteiger partial charge on any atom is -0.356 e. The van der Waals surface area contributed by atoms with Gasteiger partial charge in [0.1, 0.15) is 0 Å². The van der Waals surface area contributed by atoms with Crippen LogP contribution in [0, 0.1) is 25.7 Å². The van der Waals surface area contributed by atoms with E-state index in [1.54, 1.807) is 0 Å². The molecular formula is C20H30N2O2. The lowest BCUT2D eigenvalue weighted by Crippen LogP contribution is -2.36. The molecule has 2 amide bonds. The van der Waals surface area contributed by atoms with E-state index in [2.05, 4.69) is 17.6 Å². The number of rotatable bonds is 6. The third-order valence-electron chi connectivity index (χ3n) is 4.95. The topological polar surface area (TPSA) is 58.2 Å². The average molecular weight is 330 g/mol. The Morgan fingerprint density at radius 2 is 1.67 bits per heavy atom. The molecule has 0 heterocycles. The van der Waals surface area contributed by atoms with Crippen LogP contribution in [0.3, 0.4) is 0 Å². The number of nitrogens with one attached hydrogen (secondary N) is 2. The fourth-order valence-electron chi connectivity index (χ4n) is 3.26. The van der Waals surface area contributed by atoms with Crippen LogP contribution in [-0.4, -0.2) is 18.4 Å². The minimum absolute atomic E-state index is 0.0182. The molecule has 1 aromatic rings. The second kappa shape index (κ2) is 8.86. The molecule has 0 aliphatic heterocycles. The van der Waals surface area contributed by atoms with E-state index >= 15 is 0 Å². The first-order valence-electron chi connectivity index (χ1n) is 9.17. The molecule has 1 aliphatic carbocycles. The highest BCUT2D eigenvalue weighted by molar-refractivity contribution is 5.93. The molecule has 1 fully saturated rings. The van der Waals surface area contributed by atoms with Gasteiger partial charge in [0.15, 0.2) is 0 Å². The van der Waals surface area contributed by atoms with Crippen molar-refractivity contribution in [1.29, 1.82) is 0 Å². The Balaban J connectivity index is 1.82. The molecule has 0 spiro atoms. The van der Waals surface area contributed by atoms with E-state index in [9.17, 15) is 9.59 Å².